The van der Waals surface area contributed by atoms with Crippen LogP contribution in [0, 0.1) is 5.41 Å². The fourth-order valence-corrected chi connectivity index (χ4v) is 2.87. The first kappa shape index (κ1) is 12.7. The Bertz CT molecular complexity index is 336. The van der Waals surface area contributed by atoms with Gasteiger partial charge in [0.2, 0.25) is 0 Å². The van der Waals surface area contributed by atoms with Gasteiger partial charge in [0.05, 0.1) is 12.8 Å². The van der Waals surface area contributed by atoms with Gasteiger partial charge in [0.15, 0.2) is 0 Å². The largest absolute Gasteiger partial charge is 0.468 e. The highest BCUT2D eigenvalue weighted by molar-refractivity contribution is 4.99. The summed E-state index contributed by atoms with van der Waals surface area (Å²) in [5.74, 6) is 1.04. The standard InChI is InChI=1S/C14H24N2O/c1-3-16(10-12-6-5-9-17-12)11-14(2)8-4-7-13(14)15/h5-6,9,13H,3-4,7-8,10-11,15H2,1-2H3. The molecule has 1 aliphatic carbocycles. The molecule has 2 unspecified atom stereocenters. The van der Waals surface area contributed by atoms with E-state index in [9.17, 15) is 0 Å². The Morgan fingerprint density at radius 3 is 2.94 bits per heavy atom. The molecular formula is C14H24N2O. The summed E-state index contributed by atoms with van der Waals surface area (Å²) in [6, 6.07) is 4.35. The van der Waals surface area contributed by atoms with Crippen LogP contribution in [0.2, 0.25) is 0 Å². The fourth-order valence-electron chi connectivity index (χ4n) is 2.87. The lowest BCUT2D eigenvalue weighted by atomic mass is 9.84. The van der Waals surface area contributed by atoms with E-state index in [2.05, 4.69) is 18.7 Å². The summed E-state index contributed by atoms with van der Waals surface area (Å²) in [4.78, 5) is 2.43. The first-order valence-corrected chi connectivity index (χ1v) is 6.64. The Morgan fingerprint density at radius 2 is 2.41 bits per heavy atom. The van der Waals surface area contributed by atoms with Crippen molar-refractivity contribution in [3.8, 4) is 0 Å². The predicted molar refractivity (Wildman–Crippen MR) is 69.6 cm³/mol. The van der Waals surface area contributed by atoms with Crippen LogP contribution < -0.4 is 5.73 Å². The molecule has 0 bridgehead atoms. The summed E-state index contributed by atoms with van der Waals surface area (Å²) in [5.41, 5.74) is 6.52. The lowest BCUT2D eigenvalue weighted by molar-refractivity contribution is 0.144. The molecule has 0 aromatic carbocycles. The van der Waals surface area contributed by atoms with Crippen LogP contribution in [0.5, 0.6) is 0 Å². The molecular weight excluding hydrogens is 212 g/mol. The molecule has 1 aromatic heterocycles. The fraction of sp³-hybridized carbons (Fsp3) is 0.714. The number of nitrogens with two attached hydrogens (primary N) is 1. The Hall–Kier alpha value is -0.800. The maximum atomic E-state index is 6.24. The van der Waals surface area contributed by atoms with Crippen LogP contribution in [-0.4, -0.2) is 24.0 Å². The van der Waals surface area contributed by atoms with E-state index in [-0.39, 0.29) is 5.41 Å². The summed E-state index contributed by atoms with van der Waals surface area (Å²) in [5, 5.41) is 0. The Kier molecular flexibility index (Phi) is 3.89. The molecule has 0 saturated heterocycles. The highest BCUT2D eigenvalue weighted by Crippen LogP contribution is 2.37. The topological polar surface area (TPSA) is 42.4 Å². The summed E-state index contributed by atoms with van der Waals surface area (Å²) in [6.07, 6.45) is 5.44. The average Bonchev–Trinajstić information content (AvgIpc) is 2.90. The average molecular weight is 236 g/mol. The molecule has 17 heavy (non-hydrogen) atoms. The van der Waals surface area contributed by atoms with Crippen LogP contribution in [0.15, 0.2) is 22.8 Å². The van der Waals surface area contributed by atoms with E-state index in [0.29, 0.717) is 6.04 Å². The van der Waals surface area contributed by atoms with Crippen molar-refractivity contribution in [2.75, 3.05) is 13.1 Å². The molecule has 0 radical (unpaired) electrons. The number of rotatable bonds is 5. The van der Waals surface area contributed by atoms with Gasteiger partial charge in [-0.2, -0.15) is 0 Å². The minimum Gasteiger partial charge on any atom is -0.468 e. The number of hydrogen-bond donors (Lipinski definition) is 1. The van der Waals surface area contributed by atoms with Crippen molar-refractivity contribution in [3.05, 3.63) is 24.2 Å². The Balaban J connectivity index is 1.95. The van der Waals surface area contributed by atoms with Gasteiger partial charge in [-0.15, -0.1) is 0 Å². The first-order chi connectivity index (χ1) is 8.14. The van der Waals surface area contributed by atoms with Crippen LogP contribution in [0.25, 0.3) is 0 Å². The van der Waals surface area contributed by atoms with Gasteiger partial charge >= 0.3 is 0 Å². The second kappa shape index (κ2) is 5.23. The van der Waals surface area contributed by atoms with Crippen molar-refractivity contribution >= 4 is 0 Å². The molecule has 0 amide bonds. The van der Waals surface area contributed by atoms with Gasteiger partial charge in [0, 0.05) is 12.6 Å². The van der Waals surface area contributed by atoms with E-state index in [1.165, 1.54) is 19.3 Å². The van der Waals surface area contributed by atoms with E-state index in [1.54, 1.807) is 6.26 Å². The number of hydrogen-bond acceptors (Lipinski definition) is 3. The van der Waals surface area contributed by atoms with Crippen molar-refractivity contribution in [1.82, 2.24) is 4.90 Å². The van der Waals surface area contributed by atoms with Gasteiger partial charge < -0.3 is 10.2 Å². The zero-order valence-corrected chi connectivity index (χ0v) is 11.0. The molecule has 2 N–H and O–H groups in total. The highest BCUT2D eigenvalue weighted by atomic mass is 16.3. The van der Waals surface area contributed by atoms with Crippen LogP contribution in [0.4, 0.5) is 0 Å². The van der Waals surface area contributed by atoms with E-state index in [1.807, 2.05) is 12.1 Å². The normalized spacial score (nSPS) is 29.1. The summed E-state index contributed by atoms with van der Waals surface area (Å²) in [6.45, 7) is 7.54. The third-order valence-corrected chi connectivity index (χ3v) is 4.15. The van der Waals surface area contributed by atoms with Gasteiger partial charge in [-0.1, -0.05) is 20.3 Å². The second-order valence-corrected chi connectivity index (χ2v) is 5.54. The van der Waals surface area contributed by atoms with E-state index < -0.39 is 0 Å². The van der Waals surface area contributed by atoms with E-state index in [4.69, 9.17) is 10.2 Å². The smallest absolute Gasteiger partial charge is 0.117 e. The third-order valence-electron chi connectivity index (χ3n) is 4.15. The quantitative estimate of drug-likeness (QED) is 0.854. The van der Waals surface area contributed by atoms with Crippen LogP contribution in [0.1, 0.15) is 38.9 Å². The maximum Gasteiger partial charge on any atom is 0.117 e. The molecule has 3 heteroatoms. The molecule has 1 aliphatic rings. The molecule has 1 saturated carbocycles. The van der Waals surface area contributed by atoms with Crippen LogP contribution in [-0.2, 0) is 6.54 Å². The number of furan rings is 1. The zero-order valence-electron chi connectivity index (χ0n) is 11.0. The molecule has 1 aromatic rings. The lowest BCUT2D eigenvalue weighted by Crippen LogP contribution is -2.44. The van der Waals surface area contributed by atoms with Crippen molar-refractivity contribution in [2.24, 2.45) is 11.1 Å². The lowest BCUT2D eigenvalue weighted by Gasteiger charge is -2.34. The summed E-state index contributed by atoms with van der Waals surface area (Å²) >= 11 is 0. The Morgan fingerprint density at radius 1 is 1.59 bits per heavy atom. The van der Waals surface area contributed by atoms with E-state index in [0.717, 1.165) is 25.4 Å². The summed E-state index contributed by atoms with van der Waals surface area (Å²) < 4.78 is 5.42. The Labute approximate surface area is 104 Å². The minimum atomic E-state index is 0.280. The maximum absolute atomic E-state index is 6.24. The molecule has 3 nitrogen and oxygen atoms in total. The van der Waals surface area contributed by atoms with Crippen molar-refractivity contribution in [1.29, 1.82) is 0 Å². The summed E-state index contributed by atoms with van der Waals surface area (Å²) in [7, 11) is 0. The van der Waals surface area contributed by atoms with Gasteiger partial charge in [0.1, 0.15) is 5.76 Å². The molecule has 96 valence electrons. The van der Waals surface area contributed by atoms with Gasteiger partial charge in [0.25, 0.3) is 0 Å². The van der Waals surface area contributed by atoms with Gasteiger partial charge in [-0.3, -0.25) is 4.90 Å². The molecule has 1 heterocycles. The van der Waals surface area contributed by atoms with Crippen LogP contribution in [0.3, 0.4) is 0 Å². The van der Waals surface area contributed by atoms with E-state index >= 15 is 0 Å². The molecule has 2 rings (SSSR count). The third kappa shape index (κ3) is 2.90. The molecule has 2 atom stereocenters. The predicted octanol–water partition coefficient (Wildman–Crippen LogP) is 2.62. The SMILES string of the molecule is CCN(Cc1ccco1)CC1(C)CCCC1N. The van der Waals surface area contributed by atoms with Crippen molar-refractivity contribution in [3.63, 3.8) is 0 Å². The minimum absolute atomic E-state index is 0.280. The monoisotopic (exact) mass is 236 g/mol. The molecule has 0 spiro atoms. The van der Waals surface area contributed by atoms with Crippen molar-refractivity contribution in [2.45, 2.75) is 45.7 Å². The van der Waals surface area contributed by atoms with Crippen molar-refractivity contribution < 1.29 is 4.42 Å². The highest BCUT2D eigenvalue weighted by Gasteiger charge is 2.37. The van der Waals surface area contributed by atoms with Gasteiger partial charge in [-0.05, 0) is 36.9 Å². The van der Waals surface area contributed by atoms with Gasteiger partial charge in [-0.25, -0.2) is 0 Å². The number of nitrogens with zero attached hydrogens (tertiary/aromatic N) is 1. The molecule has 1 fully saturated rings. The second-order valence-electron chi connectivity index (χ2n) is 5.54. The van der Waals surface area contributed by atoms with Crippen LogP contribution >= 0.6 is 0 Å². The zero-order chi connectivity index (χ0) is 12.3. The first-order valence-electron chi connectivity index (χ1n) is 6.64. The molecule has 0 aliphatic heterocycles.